The molecule has 7 nitrogen and oxygen atoms in total. The van der Waals surface area contributed by atoms with Gasteiger partial charge in [-0.3, -0.25) is 0 Å². The maximum absolute atomic E-state index is 7.51. The van der Waals surface area contributed by atoms with Crippen LogP contribution in [-0.4, -0.2) is 28.2 Å². The molecule has 0 amide bonds. The molecule has 0 bridgehead atoms. The molecule has 0 aliphatic rings. The zero-order valence-corrected chi connectivity index (χ0v) is 45.8. The van der Waals surface area contributed by atoms with Gasteiger partial charge in [0, 0.05) is 59.8 Å². The summed E-state index contributed by atoms with van der Waals surface area (Å²) in [5.41, 5.74) is 19.9. The van der Waals surface area contributed by atoms with Crippen molar-refractivity contribution in [3.05, 3.63) is 291 Å². The van der Waals surface area contributed by atoms with Crippen molar-refractivity contribution in [2.24, 2.45) is 0 Å². The van der Waals surface area contributed by atoms with Gasteiger partial charge in [-0.1, -0.05) is 218 Å². The fourth-order valence-corrected chi connectivity index (χ4v) is 13.9. The Kier molecular flexibility index (Phi) is 10.3. The summed E-state index contributed by atoms with van der Waals surface area (Å²) in [7, 11) is 0. The number of nitrogens with zero attached hydrogens (tertiary/aromatic N) is 6. The highest BCUT2D eigenvalue weighted by molar-refractivity contribution is 6.18. The molecule has 0 aliphatic carbocycles. The third-order valence-electron chi connectivity index (χ3n) is 17.4. The Hall–Kier alpha value is -11.5. The molecule has 0 atom stereocenters. The molecular formula is C78H48N6O. The molecule has 0 fully saturated rings. The summed E-state index contributed by atoms with van der Waals surface area (Å²) in [6.45, 7) is 0. The zero-order chi connectivity index (χ0) is 55.7. The molecular weight excluding hydrogens is 1040 g/mol. The molecule has 396 valence electrons. The first-order valence-electron chi connectivity index (χ1n) is 28.9. The first-order chi connectivity index (χ1) is 42.2. The van der Waals surface area contributed by atoms with Gasteiger partial charge in [-0.2, -0.15) is 0 Å². The Morgan fingerprint density at radius 2 is 0.518 bits per heavy atom. The van der Waals surface area contributed by atoms with Crippen LogP contribution < -0.4 is 0 Å². The van der Waals surface area contributed by atoms with Gasteiger partial charge in [-0.05, 0) is 78.4 Å². The molecule has 0 aliphatic heterocycles. The van der Waals surface area contributed by atoms with Crippen LogP contribution in [0.2, 0.25) is 0 Å². The molecule has 0 spiro atoms. The largest absolute Gasteiger partial charge is 0.436 e. The van der Waals surface area contributed by atoms with Crippen LogP contribution in [0.15, 0.2) is 296 Å². The first-order valence-corrected chi connectivity index (χ1v) is 28.9. The number of rotatable bonds is 8. The standard InChI is InChI=1S/C78H48N6O/c1-3-25-49(26-4-1)61-47-51(48-62(79-61)50-27-5-2-6-28-50)72-73(78-80-60-37-15-24-46-71(60)85-78)75(82-65-40-18-9-31-54(65)55-32-10-19-41-66(55)82)77(84-69-44-22-13-35-58(69)59-36-14-23-45-70(59)84)76(83-67-42-20-11-33-56(67)57-34-12-21-43-68(57)83)74(72)81-63-38-16-7-29-52(63)53-30-8-17-39-64(53)81/h1-48H. The second-order valence-corrected chi connectivity index (χ2v) is 22.0. The summed E-state index contributed by atoms with van der Waals surface area (Å²) >= 11 is 0. The van der Waals surface area contributed by atoms with Crippen molar-refractivity contribution in [1.82, 2.24) is 28.2 Å². The minimum absolute atomic E-state index is 0.477. The number of oxazole rings is 1. The number of pyridine rings is 1. The average Bonchev–Trinajstić information content (AvgIpc) is 1.69. The smallest absolute Gasteiger partial charge is 0.230 e. The monoisotopic (exact) mass is 1080 g/mol. The Labute approximate surface area is 487 Å². The molecule has 0 saturated carbocycles. The van der Waals surface area contributed by atoms with Crippen molar-refractivity contribution in [2.75, 3.05) is 0 Å². The highest BCUT2D eigenvalue weighted by Gasteiger charge is 2.37. The minimum atomic E-state index is 0.477. The van der Waals surface area contributed by atoms with E-state index < -0.39 is 0 Å². The molecule has 7 heteroatoms. The third-order valence-corrected chi connectivity index (χ3v) is 17.4. The molecule has 18 aromatic rings. The van der Waals surface area contributed by atoms with Crippen LogP contribution in [0, 0.1) is 0 Å². The van der Waals surface area contributed by atoms with Crippen LogP contribution >= 0.6 is 0 Å². The van der Waals surface area contributed by atoms with Crippen molar-refractivity contribution in [3.8, 4) is 67.8 Å². The van der Waals surface area contributed by atoms with E-state index in [1.54, 1.807) is 0 Å². The van der Waals surface area contributed by atoms with Crippen molar-refractivity contribution in [3.63, 3.8) is 0 Å². The van der Waals surface area contributed by atoms with Crippen molar-refractivity contribution in [1.29, 1.82) is 0 Å². The lowest BCUT2D eigenvalue weighted by Crippen LogP contribution is -2.16. The molecule has 18 rings (SSSR count). The normalized spacial score (nSPS) is 12.0. The highest BCUT2D eigenvalue weighted by Crippen LogP contribution is 2.55. The Morgan fingerprint density at radius 1 is 0.235 bits per heavy atom. The summed E-state index contributed by atoms with van der Waals surface area (Å²) in [5.74, 6) is 0.477. The SMILES string of the molecule is c1ccc(-c2cc(-c3c(-c4nc5ccccc5o4)c(-n4c5ccccc5c5ccccc54)c(-n4c5ccccc5c5ccccc54)c(-n4c5ccccc5c5ccccc54)c3-n3c4ccccc4c4ccccc43)cc(-c3ccccc3)n2)cc1. The molecule has 12 aromatic carbocycles. The van der Waals surface area contributed by atoms with Crippen LogP contribution in [-0.2, 0) is 0 Å². The highest BCUT2D eigenvalue weighted by atomic mass is 16.3. The number of para-hydroxylation sites is 10. The molecule has 0 radical (unpaired) electrons. The van der Waals surface area contributed by atoms with Gasteiger partial charge in [0.05, 0.1) is 83.8 Å². The van der Waals surface area contributed by atoms with Gasteiger partial charge in [-0.25, -0.2) is 9.97 Å². The molecule has 0 saturated heterocycles. The fraction of sp³-hybridized carbons (Fsp3) is 0. The van der Waals surface area contributed by atoms with E-state index in [-0.39, 0.29) is 0 Å². The molecule has 6 heterocycles. The predicted octanol–water partition coefficient (Wildman–Crippen LogP) is 20.3. The number of aromatic nitrogens is 6. The van der Waals surface area contributed by atoms with Gasteiger partial charge in [0.2, 0.25) is 5.89 Å². The first kappa shape index (κ1) is 47.1. The van der Waals surface area contributed by atoms with E-state index in [4.69, 9.17) is 14.4 Å². The Bertz CT molecular complexity index is 5430. The van der Waals surface area contributed by atoms with E-state index in [2.05, 4.69) is 291 Å². The molecule has 6 aromatic heterocycles. The van der Waals surface area contributed by atoms with Gasteiger partial charge in [0.1, 0.15) is 5.52 Å². The third kappa shape index (κ3) is 6.95. The van der Waals surface area contributed by atoms with E-state index in [1.807, 2.05) is 18.2 Å². The Morgan fingerprint density at radius 3 is 0.859 bits per heavy atom. The van der Waals surface area contributed by atoms with Crippen molar-refractivity contribution < 1.29 is 4.42 Å². The summed E-state index contributed by atoms with van der Waals surface area (Å²) in [5, 5.41) is 9.09. The van der Waals surface area contributed by atoms with Crippen LogP contribution in [0.3, 0.4) is 0 Å². The maximum atomic E-state index is 7.51. The number of benzene rings is 12. The topological polar surface area (TPSA) is 58.6 Å². The van der Waals surface area contributed by atoms with Gasteiger partial charge < -0.3 is 22.7 Å². The van der Waals surface area contributed by atoms with Crippen LogP contribution in [0.1, 0.15) is 0 Å². The van der Waals surface area contributed by atoms with E-state index in [0.29, 0.717) is 11.5 Å². The average molecular weight is 1090 g/mol. The number of fused-ring (bicyclic) bond motifs is 13. The lowest BCUT2D eigenvalue weighted by molar-refractivity contribution is 0.619. The Balaban J connectivity index is 1.22. The van der Waals surface area contributed by atoms with E-state index in [9.17, 15) is 0 Å². The predicted molar refractivity (Wildman–Crippen MR) is 351 cm³/mol. The van der Waals surface area contributed by atoms with Crippen molar-refractivity contribution in [2.45, 2.75) is 0 Å². The quantitative estimate of drug-likeness (QED) is 0.152. The fourth-order valence-electron chi connectivity index (χ4n) is 13.9. The van der Waals surface area contributed by atoms with Crippen molar-refractivity contribution >= 4 is 98.3 Å². The van der Waals surface area contributed by atoms with Crippen LogP contribution in [0.5, 0.6) is 0 Å². The van der Waals surface area contributed by atoms with Gasteiger partial charge in [0.25, 0.3) is 0 Å². The van der Waals surface area contributed by atoms with Crippen LogP contribution in [0.25, 0.3) is 166 Å². The summed E-state index contributed by atoms with van der Waals surface area (Å²) in [6, 6.07) is 105. The number of hydrogen-bond acceptors (Lipinski definition) is 3. The lowest BCUT2D eigenvalue weighted by atomic mass is 9.90. The molecule has 0 N–H and O–H groups in total. The summed E-state index contributed by atoms with van der Waals surface area (Å²) in [4.78, 5) is 11.3. The number of hydrogen-bond donors (Lipinski definition) is 0. The molecule has 0 unspecified atom stereocenters. The van der Waals surface area contributed by atoms with Gasteiger partial charge in [-0.15, -0.1) is 0 Å². The van der Waals surface area contributed by atoms with E-state index in [1.165, 1.54) is 0 Å². The second-order valence-electron chi connectivity index (χ2n) is 22.0. The minimum Gasteiger partial charge on any atom is -0.436 e. The lowest BCUT2D eigenvalue weighted by Gasteiger charge is -2.30. The van der Waals surface area contributed by atoms with Gasteiger partial charge >= 0.3 is 0 Å². The summed E-state index contributed by atoms with van der Waals surface area (Å²) < 4.78 is 17.7. The van der Waals surface area contributed by atoms with Crippen LogP contribution in [0.4, 0.5) is 0 Å². The summed E-state index contributed by atoms with van der Waals surface area (Å²) in [6.07, 6.45) is 0. The molecule has 85 heavy (non-hydrogen) atoms. The van der Waals surface area contributed by atoms with E-state index in [0.717, 1.165) is 155 Å². The van der Waals surface area contributed by atoms with Gasteiger partial charge in [0.15, 0.2) is 5.58 Å². The zero-order valence-electron chi connectivity index (χ0n) is 45.8. The van der Waals surface area contributed by atoms with E-state index >= 15 is 0 Å². The second kappa shape index (κ2) is 18.5. The maximum Gasteiger partial charge on any atom is 0.230 e.